The third-order valence-corrected chi connectivity index (χ3v) is 2.84. The zero-order valence-electron chi connectivity index (χ0n) is 9.79. The lowest BCUT2D eigenvalue weighted by Gasteiger charge is -2.07. The normalized spacial score (nSPS) is 15.9. The van der Waals surface area contributed by atoms with Gasteiger partial charge in [0.25, 0.3) is 0 Å². The van der Waals surface area contributed by atoms with Crippen LogP contribution in [-0.2, 0) is 13.0 Å². The molecule has 1 saturated carbocycles. The topological polar surface area (TPSA) is 12.0 Å². The summed E-state index contributed by atoms with van der Waals surface area (Å²) in [6.07, 6.45) is 3.92. The van der Waals surface area contributed by atoms with Crippen LogP contribution in [0.5, 0.6) is 0 Å². The van der Waals surface area contributed by atoms with Crippen LogP contribution in [0.1, 0.15) is 37.8 Å². The summed E-state index contributed by atoms with van der Waals surface area (Å²) in [4.78, 5) is 0. The van der Waals surface area contributed by atoms with Crippen LogP contribution >= 0.6 is 0 Å². The molecule has 0 radical (unpaired) electrons. The molecule has 0 amide bonds. The summed E-state index contributed by atoms with van der Waals surface area (Å²) in [7, 11) is 0. The largest absolute Gasteiger partial charge is 0.310 e. The molecule has 1 N–H and O–H groups in total. The molecule has 0 unspecified atom stereocenters. The van der Waals surface area contributed by atoms with Crippen molar-refractivity contribution in [1.29, 1.82) is 0 Å². The summed E-state index contributed by atoms with van der Waals surface area (Å²) in [6, 6.07) is 9.86. The first-order chi connectivity index (χ1) is 7.24. The van der Waals surface area contributed by atoms with Crippen LogP contribution < -0.4 is 5.32 Å². The SMILES string of the molecule is CC(C)Cc1ccc(CNC2CC2)cc1. The second kappa shape index (κ2) is 4.80. The number of nitrogens with one attached hydrogen (secondary N) is 1. The summed E-state index contributed by atoms with van der Waals surface area (Å²) < 4.78 is 0. The average Bonchev–Trinajstić information content (AvgIpc) is 2.99. The van der Waals surface area contributed by atoms with Crippen LogP contribution in [-0.4, -0.2) is 6.04 Å². The van der Waals surface area contributed by atoms with Gasteiger partial charge < -0.3 is 5.32 Å². The van der Waals surface area contributed by atoms with Gasteiger partial charge in [-0.05, 0) is 36.3 Å². The average molecular weight is 203 g/mol. The molecule has 1 aromatic rings. The Balaban J connectivity index is 1.85. The number of hydrogen-bond acceptors (Lipinski definition) is 1. The first kappa shape index (κ1) is 10.7. The van der Waals surface area contributed by atoms with E-state index in [1.807, 2.05) is 0 Å². The van der Waals surface area contributed by atoms with E-state index in [-0.39, 0.29) is 0 Å². The Bertz CT molecular complexity index is 296. The van der Waals surface area contributed by atoms with Crippen molar-refractivity contribution >= 4 is 0 Å². The highest BCUT2D eigenvalue weighted by Gasteiger charge is 2.19. The van der Waals surface area contributed by atoms with E-state index in [0.717, 1.165) is 18.5 Å². The lowest BCUT2D eigenvalue weighted by molar-refractivity contribution is 0.646. The molecule has 0 bridgehead atoms. The zero-order valence-corrected chi connectivity index (χ0v) is 9.79. The van der Waals surface area contributed by atoms with Crippen LogP contribution in [0.25, 0.3) is 0 Å². The molecule has 1 aliphatic carbocycles. The van der Waals surface area contributed by atoms with Crippen molar-refractivity contribution in [3.05, 3.63) is 35.4 Å². The van der Waals surface area contributed by atoms with Crippen molar-refractivity contribution in [1.82, 2.24) is 5.32 Å². The number of benzene rings is 1. The van der Waals surface area contributed by atoms with Crippen LogP contribution in [0.3, 0.4) is 0 Å². The molecule has 15 heavy (non-hydrogen) atoms. The van der Waals surface area contributed by atoms with Gasteiger partial charge in [0, 0.05) is 12.6 Å². The van der Waals surface area contributed by atoms with Gasteiger partial charge in [0.15, 0.2) is 0 Å². The molecule has 82 valence electrons. The molecule has 0 aromatic heterocycles. The van der Waals surface area contributed by atoms with Gasteiger partial charge in [-0.15, -0.1) is 0 Å². The highest BCUT2D eigenvalue weighted by molar-refractivity contribution is 5.22. The second-order valence-electron chi connectivity index (χ2n) is 5.07. The zero-order chi connectivity index (χ0) is 10.7. The predicted molar refractivity (Wildman–Crippen MR) is 64.8 cm³/mol. The maximum atomic E-state index is 3.53. The summed E-state index contributed by atoms with van der Waals surface area (Å²) in [5.74, 6) is 0.750. The van der Waals surface area contributed by atoms with E-state index >= 15 is 0 Å². The van der Waals surface area contributed by atoms with E-state index in [4.69, 9.17) is 0 Å². The Morgan fingerprint density at radius 3 is 2.27 bits per heavy atom. The molecular formula is C14H21N. The van der Waals surface area contributed by atoms with Crippen molar-refractivity contribution < 1.29 is 0 Å². The molecule has 2 rings (SSSR count). The van der Waals surface area contributed by atoms with Gasteiger partial charge in [0.05, 0.1) is 0 Å². The van der Waals surface area contributed by atoms with Crippen molar-refractivity contribution in [3.8, 4) is 0 Å². The molecule has 0 atom stereocenters. The highest BCUT2D eigenvalue weighted by atomic mass is 14.9. The Hall–Kier alpha value is -0.820. The van der Waals surface area contributed by atoms with Gasteiger partial charge in [0.1, 0.15) is 0 Å². The van der Waals surface area contributed by atoms with Crippen molar-refractivity contribution in [3.63, 3.8) is 0 Å². The third kappa shape index (κ3) is 3.67. The monoisotopic (exact) mass is 203 g/mol. The fourth-order valence-electron chi connectivity index (χ4n) is 1.81. The van der Waals surface area contributed by atoms with E-state index in [0.29, 0.717) is 0 Å². The molecule has 0 spiro atoms. The van der Waals surface area contributed by atoms with E-state index in [1.165, 1.54) is 30.4 Å². The van der Waals surface area contributed by atoms with E-state index < -0.39 is 0 Å². The molecular weight excluding hydrogens is 182 g/mol. The molecule has 1 heteroatoms. The van der Waals surface area contributed by atoms with Gasteiger partial charge in [-0.25, -0.2) is 0 Å². The number of rotatable bonds is 5. The standard InChI is InChI=1S/C14H21N/c1-11(2)9-12-3-5-13(6-4-12)10-15-14-7-8-14/h3-6,11,14-15H,7-10H2,1-2H3. The minimum absolute atomic E-state index is 0.750. The lowest BCUT2D eigenvalue weighted by Crippen LogP contribution is -2.15. The van der Waals surface area contributed by atoms with Crippen LogP contribution in [0, 0.1) is 5.92 Å². The van der Waals surface area contributed by atoms with Crippen molar-refractivity contribution in [2.45, 2.75) is 45.7 Å². The Kier molecular flexibility index (Phi) is 3.42. The fraction of sp³-hybridized carbons (Fsp3) is 0.571. The number of hydrogen-bond donors (Lipinski definition) is 1. The molecule has 0 heterocycles. The molecule has 1 aromatic carbocycles. The highest BCUT2D eigenvalue weighted by Crippen LogP contribution is 2.19. The van der Waals surface area contributed by atoms with Crippen LogP contribution in [0.4, 0.5) is 0 Å². The van der Waals surface area contributed by atoms with E-state index in [2.05, 4.69) is 43.4 Å². The third-order valence-electron chi connectivity index (χ3n) is 2.84. The maximum Gasteiger partial charge on any atom is 0.0208 e. The molecule has 0 saturated heterocycles. The fourth-order valence-corrected chi connectivity index (χ4v) is 1.81. The van der Waals surface area contributed by atoms with Gasteiger partial charge in [-0.3, -0.25) is 0 Å². The Morgan fingerprint density at radius 1 is 1.13 bits per heavy atom. The Labute approximate surface area is 92.9 Å². The molecule has 1 nitrogen and oxygen atoms in total. The van der Waals surface area contributed by atoms with Crippen molar-refractivity contribution in [2.24, 2.45) is 5.92 Å². The molecule has 1 fully saturated rings. The summed E-state index contributed by atoms with van der Waals surface area (Å²) in [5, 5.41) is 3.53. The summed E-state index contributed by atoms with van der Waals surface area (Å²) >= 11 is 0. The first-order valence-electron chi connectivity index (χ1n) is 6.05. The quantitative estimate of drug-likeness (QED) is 0.775. The molecule has 1 aliphatic rings. The lowest BCUT2D eigenvalue weighted by atomic mass is 10.0. The summed E-state index contributed by atoms with van der Waals surface area (Å²) in [6.45, 7) is 5.57. The Morgan fingerprint density at radius 2 is 1.73 bits per heavy atom. The predicted octanol–water partition coefficient (Wildman–Crippen LogP) is 3.14. The van der Waals surface area contributed by atoms with Gasteiger partial charge in [-0.1, -0.05) is 38.1 Å². The van der Waals surface area contributed by atoms with E-state index in [1.54, 1.807) is 0 Å². The van der Waals surface area contributed by atoms with Crippen LogP contribution in [0.15, 0.2) is 24.3 Å². The smallest absolute Gasteiger partial charge is 0.0208 e. The minimum Gasteiger partial charge on any atom is -0.310 e. The first-order valence-corrected chi connectivity index (χ1v) is 6.05. The van der Waals surface area contributed by atoms with Crippen molar-refractivity contribution in [2.75, 3.05) is 0 Å². The maximum absolute atomic E-state index is 3.53. The second-order valence-corrected chi connectivity index (χ2v) is 5.07. The summed E-state index contributed by atoms with van der Waals surface area (Å²) in [5.41, 5.74) is 2.87. The van der Waals surface area contributed by atoms with Gasteiger partial charge in [0.2, 0.25) is 0 Å². The van der Waals surface area contributed by atoms with Gasteiger partial charge >= 0.3 is 0 Å². The molecule has 0 aliphatic heterocycles. The minimum atomic E-state index is 0.750. The van der Waals surface area contributed by atoms with Crippen LogP contribution in [0.2, 0.25) is 0 Å². The van der Waals surface area contributed by atoms with Gasteiger partial charge in [-0.2, -0.15) is 0 Å². The van der Waals surface area contributed by atoms with E-state index in [9.17, 15) is 0 Å².